The van der Waals surface area contributed by atoms with Crippen molar-refractivity contribution >= 4 is 15.9 Å². The van der Waals surface area contributed by atoms with E-state index in [1.807, 2.05) is 0 Å². The Balaban J connectivity index is 1.84. The fourth-order valence-electron chi connectivity index (χ4n) is 1.76. The summed E-state index contributed by atoms with van der Waals surface area (Å²) in [7, 11) is -3.76. The van der Waals surface area contributed by atoms with Gasteiger partial charge in [0.05, 0.1) is 4.90 Å². The Kier molecular flexibility index (Phi) is 5.30. The van der Waals surface area contributed by atoms with E-state index in [1.54, 1.807) is 18.2 Å². The maximum absolute atomic E-state index is 13.4. The molecule has 122 valence electrons. The van der Waals surface area contributed by atoms with Crippen LogP contribution in [0.3, 0.4) is 0 Å². The van der Waals surface area contributed by atoms with E-state index in [0.717, 1.165) is 0 Å². The van der Waals surface area contributed by atoms with Gasteiger partial charge in [-0.1, -0.05) is 18.2 Å². The van der Waals surface area contributed by atoms with Crippen LogP contribution in [0.25, 0.3) is 0 Å². The topological polar surface area (TPSA) is 98.5 Å². The fraction of sp³-hybridized carbons (Fsp3) is 0.133. The largest absolute Gasteiger partial charge is 0.484 e. The van der Waals surface area contributed by atoms with Crippen LogP contribution in [-0.4, -0.2) is 20.9 Å². The molecule has 0 aromatic heterocycles. The second-order valence-electron chi connectivity index (χ2n) is 4.67. The van der Waals surface area contributed by atoms with Gasteiger partial charge >= 0.3 is 0 Å². The van der Waals surface area contributed by atoms with E-state index in [0.29, 0.717) is 11.3 Å². The Bertz CT molecular complexity index is 791. The van der Waals surface area contributed by atoms with Gasteiger partial charge in [-0.05, 0) is 30.3 Å². The molecule has 0 heterocycles. The van der Waals surface area contributed by atoms with E-state index >= 15 is 0 Å². The molecule has 23 heavy (non-hydrogen) atoms. The predicted molar refractivity (Wildman–Crippen MR) is 81.6 cm³/mol. The Hall–Kier alpha value is -2.45. The molecule has 0 aliphatic carbocycles. The van der Waals surface area contributed by atoms with Gasteiger partial charge in [0.1, 0.15) is 11.6 Å². The predicted octanol–water partition coefficient (Wildman–Crippen LogP) is 1.17. The smallest absolute Gasteiger partial charge is 0.258 e. The van der Waals surface area contributed by atoms with Crippen LogP contribution < -0.4 is 15.2 Å². The first-order valence-corrected chi connectivity index (χ1v) is 8.16. The molecule has 0 fully saturated rings. The Morgan fingerprint density at radius 2 is 1.78 bits per heavy atom. The zero-order valence-corrected chi connectivity index (χ0v) is 12.8. The van der Waals surface area contributed by atoms with Crippen molar-refractivity contribution < 1.29 is 22.3 Å². The maximum atomic E-state index is 13.4. The quantitative estimate of drug-likeness (QED) is 0.826. The van der Waals surface area contributed by atoms with Crippen molar-refractivity contribution in [2.45, 2.75) is 11.4 Å². The van der Waals surface area contributed by atoms with Crippen LogP contribution in [0.15, 0.2) is 53.4 Å². The third-order valence-electron chi connectivity index (χ3n) is 2.96. The molecule has 2 aromatic carbocycles. The average Bonchev–Trinajstić information content (AvgIpc) is 2.51. The van der Waals surface area contributed by atoms with Crippen LogP contribution in [-0.2, 0) is 21.4 Å². The van der Waals surface area contributed by atoms with Crippen molar-refractivity contribution in [1.82, 2.24) is 5.32 Å². The standard InChI is InChI=1S/C15H15FN2O4S/c16-14-4-2-1-3-11(14)9-18-15(19)10-22-12-5-7-13(8-6-12)23(17,20)21/h1-8H,9-10H2,(H,18,19)(H2,17,20,21). The monoisotopic (exact) mass is 338 g/mol. The molecule has 0 unspecified atom stereocenters. The van der Waals surface area contributed by atoms with E-state index in [4.69, 9.17) is 9.88 Å². The van der Waals surface area contributed by atoms with Crippen LogP contribution in [0, 0.1) is 5.82 Å². The van der Waals surface area contributed by atoms with Crippen LogP contribution >= 0.6 is 0 Å². The number of halogens is 1. The summed E-state index contributed by atoms with van der Waals surface area (Å²) >= 11 is 0. The third-order valence-corrected chi connectivity index (χ3v) is 3.89. The van der Waals surface area contributed by atoms with Crippen LogP contribution in [0.2, 0.25) is 0 Å². The van der Waals surface area contributed by atoms with Gasteiger partial charge in [0.2, 0.25) is 10.0 Å². The summed E-state index contributed by atoms with van der Waals surface area (Å²) in [4.78, 5) is 11.6. The van der Waals surface area contributed by atoms with Gasteiger partial charge < -0.3 is 10.1 Å². The number of amides is 1. The number of hydrogen-bond donors (Lipinski definition) is 2. The van der Waals surface area contributed by atoms with Crippen LogP contribution in [0.5, 0.6) is 5.75 Å². The van der Waals surface area contributed by atoms with E-state index in [1.165, 1.54) is 30.3 Å². The number of benzene rings is 2. The number of carbonyl (C=O) groups is 1. The van der Waals surface area contributed by atoms with Crippen molar-refractivity contribution in [2.75, 3.05) is 6.61 Å². The lowest BCUT2D eigenvalue weighted by atomic mass is 10.2. The molecule has 0 radical (unpaired) electrons. The summed E-state index contributed by atoms with van der Waals surface area (Å²) in [5.74, 6) is -0.505. The lowest BCUT2D eigenvalue weighted by molar-refractivity contribution is -0.123. The number of primary sulfonamides is 1. The molecule has 2 rings (SSSR count). The second-order valence-corrected chi connectivity index (χ2v) is 6.23. The lowest BCUT2D eigenvalue weighted by Gasteiger charge is -2.08. The van der Waals surface area contributed by atoms with E-state index in [9.17, 15) is 17.6 Å². The minimum atomic E-state index is -3.76. The molecule has 1 amide bonds. The zero-order chi connectivity index (χ0) is 16.9. The van der Waals surface area contributed by atoms with Crippen molar-refractivity contribution in [3.05, 3.63) is 59.9 Å². The summed E-state index contributed by atoms with van der Waals surface area (Å²) in [5, 5.41) is 7.50. The Morgan fingerprint density at radius 3 is 2.39 bits per heavy atom. The number of carbonyl (C=O) groups excluding carboxylic acids is 1. The number of rotatable bonds is 6. The normalized spacial score (nSPS) is 11.0. The molecule has 0 bridgehead atoms. The van der Waals surface area contributed by atoms with Gasteiger partial charge in [0, 0.05) is 12.1 Å². The number of sulfonamides is 1. The van der Waals surface area contributed by atoms with Gasteiger partial charge in [-0.3, -0.25) is 4.79 Å². The first-order chi connectivity index (χ1) is 10.9. The van der Waals surface area contributed by atoms with Gasteiger partial charge in [0.15, 0.2) is 6.61 Å². The van der Waals surface area contributed by atoms with Gasteiger partial charge in [-0.25, -0.2) is 17.9 Å². The highest BCUT2D eigenvalue weighted by Gasteiger charge is 2.08. The maximum Gasteiger partial charge on any atom is 0.258 e. The summed E-state index contributed by atoms with van der Waals surface area (Å²) < 4.78 is 40.8. The SMILES string of the molecule is NS(=O)(=O)c1ccc(OCC(=O)NCc2ccccc2F)cc1. The van der Waals surface area contributed by atoms with Gasteiger partial charge in [-0.15, -0.1) is 0 Å². The highest BCUT2D eigenvalue weighted by atomic mass is 32.2. The molecule has 8 heteroatoms. The molecule has 0 aliphatic rings. The second kappa shape index (κ2) is 7.21. The first kappa shape index (κ1) is 16.9. The minimum Gasteiger partial charge on any atom is -0.484 e. The van der Waals surface area contributed by atoms with E-state index in [-0.39, 0.29) is 18.0 Å². The van der Waals surface area contributed by atoms with Gasteiger partial charge in [0.25, 0.3) is 5.91 Å². The summed E-state index contributed by atoms with van der Waals surface area (Å²) in [6.45, 7) is -0.220. The molecule has 0 atom stereocenters. The molecule has 0 saturated heterocycles. The molecular formula is C15H15FN2O4S. The first-order valence-electron chi connectivity index (χ1n) is 6.62. The van der Waals surface area contributed by atoms with Crippen molar-refractivity contribution in [2.24, 2.45) is 5.14 Å². The van der Waals surface area contributed by atoms with Crippen molar-refractivity contribution in [3.63, 3.8) is 0 Å². The average molecular weight is 338 g/mol. The summed E-state index contributed by atoms with van der Waals surface area (Å²) in [6, 6.07) is 11.5. The lowest BCUT2D eigenvalue weighted by Crippen LogP contribution is -2.28. The van der Waals surface area contributed by atoms with Gasteiger partial charge in [-0.2, -0.15) is 0 Å². The molecule has 0 aliphatic heterocycles. The number of nitrogens with two attached hydrogens (primary N) is 1. The third kappa shape index (κ3) is 5.04. The number of hydrogen-bond acceptors (Lipinski definition) is 4. The minimum absolute atomic E-state index is 0.0474. The zero-order valence-electron chi connectivity index (χ0n) is 12.0. The van der Waals surface area contributed by atoms with Crippen molar-refractivity contribution in [1.29, 1.82) is 0 Å². The van der Waals surface area contributed by atoms with Crippen molar-refractivity contribution in [3.8, 4) is 5.75 Å². The molecule has 2 aromatic rings. The molecule has 6 nitrogen and oxygen atoms in total. The Labute approximate surface area is 133 Å². The van der Waals surface area contributed by atoms with E-state index in [2.05, 4.69) is 5.32 Å². The molecule has 3 N–H and O–H groups in total. The highest BCUT2D eigenvalue weighted by Crippen LogP contribution is 2.14. The van der Waals surface area contributed by atoms with E-state index < -0.39 is 21.7 Å². The number of ether oxygens (including phenoxy) is 1. The summed E-state index contributed by atoms with van der Waals surface area (Å²) in [5.41, 5.74) is 0.373. The number of nitrogens with one attached hydrogen (secondary N) is 1. The molecule has 0 spiro atoms. The molecule has 0 saturated carbocycles. The van der Waals surface area contributed by atoms with Crippen LogP contribution in [0.1, 0.15) is 5.56 Å². The Morgan fingerprint density at radius 1 is 1.13 bits per heavy atom. The highest BCUT2D eigenvalue weighted by molar-refractivity contribution is 7.89. The fourth-order valence-corrected chi connectivity index (χ4v) is 2.28. The summed E-state index contributed by atoms with van der Waals surface area (Å²) in [6.07, 6.45) is 0. The van der Waals surface area contributed by atoms with Crippen LogP contribution in [0.4, 0.5) is 4.39 Å². The molecular weight excluding hydrogens is 323 g/mol.